The van der Waals surface area contributed by atoms with Crippen molar-refractivity contribution in [3.63, 3.8) is 0 Å². The Labute approximate surface area is 147 Å². The summed E-state index contributed by atoms with van der Waals surface area (Å²) in [4.78, 5) is 14.5. The Balaban J connectivity index is 1.69. The molecule has 3 rings (SSSR count). The lowest BCUT2D eigenvalue weighted by molar-refractivity contribution is 0.0647. The average molecular weight is 341 g/mol. The number of aliphatic hydroxyl groups excluding tert-OH is 1. The van der Waals surface area contributed by atoms with E-state index in [1.165, 1.54) is 0 Å². The standard InChI is InChI=1S/C20H23NO4/c1-24-19-11-17(13-22)21(12-19)20(23)16-8-5-9-18(10-16)25-14-15-6-3-2-4-7-15/h2-10,17,19,22H,11-14H2,1H3/t17-,19+/m0/s1. The van der Waals surface area contributed by atoms with Crippen LogP contribution in [0.25, 0.3) is 0 Å². The number of carbonyl (C=O) groups is 1. The van der Waals surface area contributed by atoms with Gasteiger partial charge in [-0.1, -0.05) is 36.4 Å². The highest BCUT2D eigenvalue weighted by molar-refractivity contribution is 5.95. The number of ether oxygens (including phenoxy) is 2. The molecule has 132 valence electrons. The number of benzene rings is 2. The molecule has 25 heavy (non-hydrogen) atoms. The first-order valence-corrected chi connectivity index (χ1v) is 8.42. The van der Waals surface area contributed by atoms with Crippen LogP contribution in [0.15, 0.2) is 54.6 Å². The molecule has 0 aromatic heterocycles. The molecule has 1 aliphatic heterocycles. The Morgan fingerprint density at radius 1 is 1.20 bits per heavy atom. The number of rotatable bonds is 6. The van der Waals surface area contributed by atoms with Crippen LogP contribution in [-0.4, -0.2) is 48.3 Å². The van der Waals surface area contributed by atoms with Gasteiger partial charge in [0.2, 0.25) is 0 Å². The van der Waals surface area contributed by atoms with Crippen molar-refractivity contribution < 1.29 is 19.4 Å². The smallest absolute Gasteiger partial charge is 0.254 e. The van der Waals surface area contributed by atoms with E-state index in [-0.39, 0.29) is 24.7 Å². The van der Waals surface area contributed by atoms with Crippen molar-refractivity contribution in [1.29, 1.82) is 0 Å². The highest BCUT2D eigenvalue weighted by atomic mass is 16.5. The first kappa shape index (κ1) is 17.5. The Bertz CT molecular complexity index is 704. The number of hydrogen-bond acceptors (Lipinski definition) is 4. The first-order valence-electron chi connectivity index (χ1n) is 8.42. The van der Waals surface area contributed by atoms with Crippen molar-refractivity contribution in [3.8, 4) is 5.75 Å². The van der Waals surface area contributed by atoms with Crippen LogP contribution in [0, 0.1) is 0 Å². The Morgan fingerprint density at radius 2 is 2.00 bits per heavy atom. The Hall–Kier alpha value is -2.37. The highest BCUT2D eigenvalue weighted by Gasteiger charge is 2.35. The second-order valence-corrected chi connectivity index (χ2v) is 6.19. The Kier molecular flexibility index (Phi) is 5.68. The van der Waals surface area contributed by atoms with Crippen molar-refractivity contribution >= 4 is 5.91 Å². The van der Waals surface area contributed by atoms with Crippen LogP contribution in [0.4, 0.5) is 0 Å². The molecule has 1 amide bonds. The minimum Gasteiger partial charge on any atom is -0.489 e. The predicted molar refractivity (Wildman–Crippen MR) is 94.5 cm³/mol. The molecule has 1 N–H and O–H groups in total. The van der Waals surface area contributed by atoms with Crippen LogP contribution in [0.1, 0.15) is 22.3 Å². The maximum absolute atomic E-state index is 12.8. The van der Waals surface area contributed by atoms with Gasteiger partial charge in [-0.25, -0.2) is 0 Å². The van der Waals surface area contributed by atoms with Gasteiger partial charge >= 0.3 is 0 Å². The highest BCUT2D eigenvalue weighted by Crippen LogP contribution is 2.24. The zero-order valence-electron chi connectivity index (χ0n) is 14.3. The van der Waals surface area contributed by atoms with E-state index in [1.807, 2.05) is 42.5 Å². The molecule has 1 aliphatic rings. The third-order valence-electron chi connectivity index (χ3n) is 4.51. The topological polar surface area (TPSA) is 59.0 Å². The summed E-state index contributed by atoms with van der Waals surface area (Å²) < 4.78 is 11.1. The van der Waals surface area contributed by atoms with E-state index in [2.05, 4.69) is 0 Å². The molecule has 1 heterocycles. The van der Waals surface area contributed by atoms with Gasteiger partial charge in [0.15, 0.2) is 0 Å². The average Bonchev–Trinajstić information content (AvgIpc) is 3.10. The summed E-state index contributed by atoms with van der Waals surface area (Å²) in [7, 11) is 1.63. The van der Waals surface area contributed by atoms with Crippen LogP contribution < -0.4 is 4.74 Å². The third-order valence-corrected chi connectivity index (χ3v) is 4.51. The number of nitrogens with zero attached hydrogens (tertiary/aromatic N) is 1. The summed E-state index contributed by atoms with van der Waals surface area (Å²) in [6.45, 7) is 0.888. The van der Waals surface area contributed by atoms with Gasteiger partial charge in [0, 0.05) is 19.2 Å². The summed E-state index contributed by atoms with van der Waals surface area (Å²) in [6.07, 6.45) is 0.627. The van der Waals surface area contributed by atoms with Gasteiger partial charge in [-0.2, -0.15) is 0 Å². The van der Waals surface area contributed by atoms with Crippen molar-refractivity contribution in [2.75, 3.05) is 20.3 Å². The SMILES string of the molecule is CO[C@@H]1C[C@@H](CO)N(C(=O)c2cccc(OCc3ccccc3)c2)C1. The molecule has 5 heteroatoms. The van der Waals surface area contributed by atoms with Gasteiger partial charge in [-0.3, -0.25) is 4.79 Å². The molecule has 0 saturated carbocycles. The summed E-state index contributed by atoms with van der Waals surface area (Å²) >= 11 is 0. The lowest BCUT2D eigenvalue weighted by Crippen LogP contribution is -2.38. The lowest BCUT2D eigenvalue weighted by Gasteiger charge is -2.23. The zero-order valence-corrected chi connectivity index (χ0v) is 14.3. The zero-order chi connectivity index (χ0) is 17.6. The van der Waals surface area contributed by atoms with Crippen LogP contribution >= 0.6 is 0 Å². The molecule has 5 nitrogen and oxygen atoms in total. The van der Waals surface area contributed by atoms with Crippen molar-refractivity contribution in [3.05, 3.63) is 65.7 Å². The number of likely N-dealkylation sites (tertiary alicyclic amines) is 1. The van der Waals surface area contributed by atoms with Gasteiger partial charge < -0.3 is 19.5 Å². The predicted octanol–water partition coefficient (Wildman–Crippen LogP) is 2.49. The quantitative estimate of drug-likeness (QED) is 0.877. The molecule has 2 atom stereocenters. The Morgan fingerprint density at radius 3 is 2.72 bits per heavy atom. The molecule has 0 spiro atoms. The summed E-state index contributed by atoms with van der Waals surface area (Å²) in [5, 5.41) is 9.54. The fraction of sp³-hybridized carbons (Fsp3) is 0.350. The van der Waals surface area contributed by atoms with Gasteiger partial charge in [0.05, 0.1) is 18.8 Å². The molecule has 0 aliphatic carbocycles. The van der Waals surface area contributed by atoms with Gasteiger partial charge in [0.1, 0.15) is 12.4 Å². The van der Waals surface area contributed by atoms with Crippen molar-refractivity contribution in [1.82, 2.24) is 4.90 Å². The summed E-state index contributed by atoms with van der Waals surface area (Å²) in [5.74, 6) is 0.543. The summed E-state index contributed by atoms with van der Waals surface area (Å²) in [6, 6.07) is 16.9. The lowest BCUT2D eigenvalue weighted by atomic mass is 10.1. The third kappa shape index (κ3) is 4.18. The molecule has 0 unspecified atom stereocenters. The molecule has 0 bridgehead atoms. The number of methoxy groups -OCH3 is 1. The van der Waals surface area contributed by atoms with Crippen LogP contribution in [-0.2, 0) is 11.3 Å². The minimum absolute atomic E-state index is 0.0291. The minimum atomic E-state index is -0.202. The number of aliphatic hydroxyl groups is 1. The van der Waals surface area contributed by atoms with Crippen molar-refractivity contribution in [2.45, 2.75) is 25.2 Å². The van der Waals surface area contributed by atoms with E-state index in [0.29, 0.717) is 30.9 Å². The molecule has 1 fully saturated rings. The number of carbonyl (C=O) groups excluding carboxylic acids is 1. The fourth-order valence-electron chi connectivity index (χ4n) is 3.09. The van der Waals surface area contributed by atoms with Gasteiger partial charge in [-0.15, -0.1) is 0 Å². The van der Waals surface area contributed by atoms with Gasteiger partial charge in [0.25, 0.3) is 5.91 Å². The maximum atomic E-state index is 12.8. The molecular weight excluding hydrogens is 318 g/mol. The molecule has 2 aromatic carbocycles. The van der Waals surface area contributed by atoms with Crippen LogP contribution in [0.5, 0.6) is 5.75 Å². The summed E-state index contributed by atoms with van der Waals surface area (Å²) in [5.41, 5.74) is 1.63. The largest absolute Gasteiger partial charge is 0.489 e. The second-order valence-electron chi connectivity index (χ2n) is 6.19. The van der Waals surface area contributed by atoms with Crippen molar-refractivity contribution in [2.24, 2.45) is 0 Å². The monoisotopic (exact) mass is 341 g/mol. The van der Waals surface area contributed by atoms with Crippen LogP contribution in [0.3, 0.4) is 0 Å². The van der Waals surface area contributed by atoms with E-state index in [1.54, 1.807) is 24.1 Å². The van der Waals surface area contributed by atoms with E-state index in [9.17, 15) is 9.90 Å². The second kappa shape index (κ2) is 8.14. The molecule has 2 aromatic rings. The van der Waals surface area contributed by atoms with Crippen LogP contribution in [0.2, 0.25) is 0 Å². The van der Waals surface area contributed by atoms with Gasteiger partial charge in [-0.05, 0) is 30.2 Å². The molecular formula is C20H23NO4. The van der Waals surface area contributed by atoms with E-state index < -0.39 is 0 Å². The number of hydrogen-bond donors (Lipinski definition) is 1. The first-order chi connectivity index (χ1) is 12.2. The molecule has 0 radical (unpaired) electrons. The fourth-order valence-corrected chi connectivity index (χ4v) is 3.09. The maximum Gasteiger partial charge on any atom is 0.254 e. The van der Waals surface area contributed by atoms with E-state index in [4.69, 9.17) is 9.47 Å². The number of amides is 1. The van der Waals surface area contributed by atoms with E-state index >= 15 is 0 Å². The van der Waals surface area contributed by atoms with E-state index in [0.717, 1.165) is 5.56 Å². The normalized spacial score (nSPS) is 19.8. The molecule has 1 saturated heterocycles.